The van der Waals surface area contributed by atoms with Crippen LogP contribution in [0, 0.1) is 17.2 Å². The number of anilines is 2. The van der Waals surface area contributed by atoms with E-state index in [0.29, 0.717) is 29.6 Å². The van der Waals surface area contributed by atoms with Gasteiger partial charge in [0.1, 0.15) is 18.2 Å². The first-order chi connectivity index (χ1) is 13.7. The molecule has 154 valence electrons. The number of nitrogens with one attached hydrogen (secondary N) is 1. The van der Waals surface area contributed by atoms with Crippen LogP contribution < -0.4 is 15.0 Å². The zero-order valence-corrected chi connectivity index (χ0v) is 17.3. The normalized spacial score (nSPS) is 15.5. The van der Waals surface area contributed by atoms with Crippen LogP contribution in [0.3, 0.4) is 0 Å². The highest BCUT2D eigenvalue weighted by Gasteiger charge is 2.37. The van der Waals surface area contributed by atoms with Crippen LogP contribution in [0.1, 0.15) is 44.5 Å². The predicted octanol–water partition coefficient (Wildman–Crippen LogP) is 4.88. The molecule has 3 rings (SSSR count). The van der Waals surface area contributed by atoms with E-state index in [1.165, 1.54) is 18.2 Å². The maximum Gasteiger partial charge on any atom is 0.258 e. The Bertz CT molecular complexity index is 924. The summed E-state index contributed by atoms with van der Waals surface area (Å²) < 4.78 is 19.8. The molecule has 0 bridgehead atoms. The molecule has 2 aromatic carbocycles. The van der Waals surface area contributed by atoms with Crippen LogP contribution in [0.25, 0.3) is 0 Å². The summed E-state index contributed by atoms with van der Waals surface area (Å²) in [7, 11) is 0. The third-order valence-electron chi connectivity index (χ3n) is 4.97. The van der Waals surface area contributed by atoms with Gasteiger partial charge in [-0.15, -0.1) is 0 Å². The predicted molar refractivity (Wildman–Crippen MR) is 112 cm³/mol. The van der Waals surface area contributed by atoms with Crippen molar-refractivity contribution in [1.29, 1.82) is 0 Å². The first-order valence-corrected chi connectivity index (χ1v) is 9.84. The van der Waals surface area contributed by atoms with E-state index in [2.05, 4.69) is 19.2 Å². The van der Waals surface area contributed by atoms with E-state index >= 15 is 0 Å². The molecule has 0 radical (unpaired) electrons. The number of nitrogens with zero attached hydrogens (tertiary/aromatic N) is 1. The summed E-state index contributed by atoms with van der Waals surface area (Å²) in [5, 5.41) is 2.70. The molecule has 0 spiro atoms. The molecule has 1 aliphatic rings. The first-order valence-electron chi connectivity index (χ1n) is 9.84. The fourth-order valence-corrected chi connectivity index (χ4v) is 3.18. The highest BCUT2D eigenvalue weighted by Crippen LogP contribution is 2.38. The van der Waals surface area contributed by atoms with Gasteiger partial charge in [0.25, 0.3) is 5.91 Å². The zero-order valence-electron chi connectivity index (χ0n) is 17.3. The molecule has 0 fully saturated rings. The number of amides is 2. The molecule has 0 unspecified atom stereocenters. The van der Waals surface area contributed by atoms with Gasteiger partial charge < -0.3 is 15.0 Å². The number of rotatable bonds is 5. The Hall–Kier alpha value is -2.89. The Morgan fingerprint density at radius 3 is 2.66 bits per heavy atom. The van der Waals surface area contributed by atoms with E-state index < -0.39 is 17.1 Å². The number of hydrogen-bond acceptors (Lipinski definition) is 3. The molecule has 6 heteroatoms. The van der Waals surface area contributed by atoms with Crippen molar-refractivity contribution in [3.05, 3.63) is 53.8 Å². The fourth-order valence-electron chi connectivity index (χ4n) is 3.18. The molecule has 0 saturated heterocycles. The summed E-state index contributed by atoms with van der Waals surface area (Å²) in [5.41, 5.74) is 0.475. The molecule has 0 saturated carbocycles. The van der Waals surface area contributed by atoms with Gasteiger partial charge in [0.05, 0.1) is 16.7 Å². The van der Waals surface area contributed by atoms with Crippen LogP contribution in [-0.4, -0.2) is 25.0 Å². The molecule has 0 aliphatic carbocycles. The second kappa shape index (κ2) is 8.23. The van der Waals surface area contributed by atoms with E-state index in [0.717, 1.165) is 6.42 Å². The van der Waals surface area contributed by atoms with Crippen LogP contribution >= 0.6 is 0 Å². The van der Waals surface area contributed by atoms with Gasteiger partial charge in [-0.25, -0.2) is 4.39 Å². The number of halogens is 1. The van der Waals surface area contributed by atoms with Gasteiger partial charge in [-0.3, -0.25) is 9.59 Å². The van der Waals surface area contributed by atoms with Gasteiger partial charge in [-0.05, 0) is 50.5 Å². The van der Waals surface area contributed by atoms with Crippen molar-refractivity contribution in [2.24, 2.45) is 11.3 Å². The summed E-state index contributed by atoms with van der Waals surface area (Å²) in [6.45, 7) is 8.80. The van der Waals surface area contributed by atoms with E-state index in [1.807, 2.05) is 13.8 Å². The summed E-state index contributed by atoms with van der Waals surface area (Å²) >= 11 is 0. The lowest BCUT2D eigenvalue weighted by molar-refractivity contribution is -0.127. The summed E-state index contributed by atoms with van der Waals surface area (Å²) in [6.07, 6.45) is 0.868. The van der Waals surface area contributed by atoms with E-state index in [1.54, 1.807) is 29.2 Å². The van der Waals surface area contributed by atoms with Crippen molar-refractivity contribution >= 4 is 23.2 Å². The van der Waals surface area contributed by atoms with E-state index in [9.17, 15) is 14.0 Å². The van der Waals surface area contributed by atoms with Crippen LogP contribution in [0.5, 0.6) is 5.75 Å². The fraction of sp³-hybridized carbons (Fsp3) is 0.391. The molecule has 1 heterocycles. The molecule has 1 aliphatic heterocycles. The lowest BCUT2D eigenvalue weighted by Crippen LogP contribution is -2.42. The zero-order chi connectivity index (χ0) is 21.2. The van der Waals surface area contributed by atoms with Crippen molar-refractivity contribution in [3.63, 3.8) is 0 Å². The Balaban J connectivity index is 1.89. The number of carbonyl (C=O) groups excluding carboxylic acids is 2. The van der Waals surface area contributed by atoms with Crippen LogP contribution in [0.15, 0.2) is 42.5 Å². The first kappa shape index (κ1) is 20.8. The molecular formula is C23H27FN2O3. The highest BCUT2D eigenvalue weighted by molar-refractivity contribution is 6.05. The van der Waals surface area contributed by atoms with Crippen molar-refractivity contribution in [2.45, 2.75) is 34.1 Å². The van der Waals surface area contributed by atoms with Crippen molar-refractivity contribution < 1.29 is 18.7 Å². The smallest absolute Gasteiger partial charge is 0.258 e. The summed E-state index contributed by atoms with van der Waals surface area (Å²) in [6, 6.07) is 11.0. The van der Waals surface area contributed by atoms with Crippen LogP contribution in [0.2, 0.25) is 0 Å². The Kier molecular flexibility index (Phi) is 5.91. The molecule has 29 heavy (non-hydrogen) atoms. The number of fused-ring (bicyclic) bond motifs is 1. The van der Waals surface area contributed by atoms with Crippen molar-refractivity contribution in [1.82, 2.24) is 0 Å². The third-order valence-corrected chi connectivity index (χ3v) is 4.97. The Morgan fingerprint density at radius 2 is 1.97 bits per heavy atom. The largest absolute Gasteiger partial charge is 0.490 e. The number of hydrogen-bond donors (Lipinski definition) is 1. The van der Waals surface area contributed by atoms with E-state index in [4.69, 9.17) is 4.74 Å². The van der Waals surface area contributed by atoms with Gasteiger partial charge in [0.15, 0.2) is 0 Å². The standard InChI is InChI=1S/C23H27FN2O3/c1-15(2)11-12-26-19-10-9-16(13-20(19)29-14-23(3,4)22(26)28)25-21(27)17-7-5-6-8-18(17)24/h5-10,13,15H,11-12,14H2,1-4H3,(H,25,27). The summed E-state index contributed by atoms with van der Waals surface area (Å²) in [4.78, 5) is 27.2. The Labute approximate surface area is 170 Å². The molecule has 1 N–H and O–H groups in total. The maximum atomic E-state index is 13.9. The molecule has 2 amide bonds. The van der Waals surface area contributed by atoms with Gasteiger partial charge >= 0.3 is 0 Å². The highest BCUT2D eigenvalue weighted by atomic mass is 19.1. The quantitative estimate of drug-likeness (QED) is 0.781. The second-order valence-electron chi connectivity index (χ2n) is 8.43. The number of carbonyl (C=O) groups is 2. The van der Waals surface area contributed by atoms with Crippen LogP contribution in [0.4, 0.5) is 15.8 Å². The molecular weight excluding hydrogens is 371 g/mol. The van der Waals surface area contributed by atoms with Gasteiger partial charge in [-0.1, -0.05) is 26.0 Å². The Morgan fingerprint density at radius 1 is 1.24 bits per heavy atom. The lowest BCUT2D eigenvalue weighted by atomic mass is 9.92. The molecule has 2 aromatic rings. The van der Waals surface area contributed by atoms with E-state index in [-0.39, 0.29) is 18.1 Å². The van der Waals surface area contributed by atoms with Crippen LogP contribution in [-0.2, 0) is 4.79 Å². The lowest BCUT2D eigenvalue weighted by Gasteiger charge is -2.28. The third kappa shape index (κ3) is 4.58. The number of benzene rings is 2. The molecule has 0 aromatic heterocycles. The maximum absolute atomic E-state index is 13.9. The van der Waals surface area contributed by atoms with Gasteiger partial charge in [-0.2, -0.15) is 0 Å². The molecule has 0 atom stereocenters. The topological polar surface area (TPSA) is 58.6 Å². The minimum Gasteiger partial charge on any atom is -0.490 e. The minimum absolute atomic E-state index is 0.0139. The van der Waals surface area contributed by atoms with Crippen molar-refractivity contribution in [3.8, 4) is 5.75 Å². The monoisotopic (exact) mass is 398 g/mol. The van der Waals surface area contributed by atoms with Crippen molar-refractivity contribution in [2.75, 3.05) is 23.4 Å². The second-order valence-corrected chi connectivity index (χ2v) is 8.43. The van der Waals surface area contributed by atoms with Gasteiger partial charge in [0, 0.05) is 18.3 Å². The average molecular weight is 398 g/mol. The van der Waals surface area contributed by atoms with Gasteiger partial charge in [0.2, 0.25) is 5.91 Å². The average Bonchev–Trinajstić information content (AvgIpc) is 2.75. The summed E-state index contributed by atoms with van der Waals surface area (Å²) in [5.74, 6) is -0.120. The minimum atomic E-state index is -0.660. The SMILES string of the molecule is CC(C)CCN1C(=O)C(C)(C)COc2cc(NC(=O)c3ccccc3F)ccc21. The molecule has 5 nitrogen and oxygen atoms in total. The number of ether oxygens (including phenoxy) is 1.